The average molecular weight is 488 g/mol. The van der Waals surface area contributed by atoms with Crippen molar-refractivity contribution >= 4 is 29.9 Å². The number of aliphatic hydroxyl groups is 1. The van der Waals surface area contributed by atoms with E-state index in [0.29, 0.717) is 13.0 Å². The second-order valence-electron chi connectivity index (χ2n) is 7.78. The van der Waals surface area contributed by atoms with E-state index in [4.69, 9.17) is 4.99 Å². The number of nitrogens with one attached hydrogen (secondary N) is 2. The van der Waals surface area contributed by atoms with Crippen LogP contribution < -0.4 is 10.6 Å². The van der Waals surface area contributed by atoms with E-state index in [1.807, 2.05) is 30.3 Å². The molecular formula is C21H37IN4O. The number of guanidine groups is 1. The third kappa shape index (κ3) is 8.79. The highest BCUT2D eigenvalue weighted by Crippen LogP contribution is 2.20. The van der Waals surface area contributed by atoms with Crippen molar-refractivity contribution in [3.05, 3.63) is 35.9 Å². The van der Waals surface area contributed by atoms with Crippen LogP contribution in [0.1, 0.15) is 45.6 Å². The van der Waals surface area contributed by atoms with Gasteiger partial charge in [0.1, 0.15) is 0 Å². The van der Waals surface area contributed by atoms with Gasteiger partial charge in [-0.3, -0.25) is 9.89 Å². The largest absolute Gasteiger partial charge is 0.391 e. The lowest BCUT2D eigenvalue weighted by Crippen LogP contribution is -2.50. The van der Waals surface area contributed by atoms with E-state index in [9.17, 15) is 5.11 Å². The van der Waals surface area contributed by atoms with Crippen LogP contribution in [0.4, 0.5) is 0 Å². The van der Waals surface area contributed by atoms with Gasteiger partial charge in [-0.05, 0) is 52.3 Å². The van der Waals surface area contributed by atoms with Gasteiger partial charge < -0.3 is 15.7 Å². The standard InChI is InChI=1S/C21H36N4O.HI/c1-4-22-20(23-16-19(26)15-18-11-7-5-8-12-18)24-17-21(2,3)25-13-9-6-10-14-25;/h5,7-8,11-12,19,26H,4,6,9-10,13-17H2,1-3H3,(H2,22,23,24);1H. The molecule has 0 spiro atoms. The van der Waals surface area contributed by atoms with Gasteiger partial charge in [-0.25, -0.2) is 0 Å². The van der Waals surface area contributed by atoms with Crippen molar-refractivity contribution in [2.45, 2.75) is 58.1 Å². The second kappa shape index (κ2) is 12.6. The highest BCUT2D eigenvalue weighted by molar-refractivity contribution is 14.0. The maximum Gasteiger partial charge on any atom is 0.191 e. The number of rotatable bonds is 8. The first-order chi connectivity index (χ1) is 12.5. The normalized spacial score (nSPS) is 17.1. The highest BCUT2D eigenvalue weighted by Gasteiger charge is 2.27. The van der Waals surface area contributed by atoms with Gasteiger partial charge in [-0.1, -0.05) is 36.8 Å². The summed E-state index contributed by atoms with van der Waals surface area (Å²) < 4.78 is 0. The zero-order valence-corrected chi connectivity index (χ0v) is 19.4. The van der Waals surface area contributed by atoms with Gasteiger partial charge in [0.25, 0.3) is 0 Å². The lowest BCUT2D eigenvalue weighted by Gasteiger charge is -2.40. The smallest absolute Gasteiger partial charge is 0.191 e. The molecule has 0 bridgehead atoms. The van der Waals surface area contributed by atoms with Crippen LogP contribution in [0.3, 0.4) is 0 Å². The van der Waals surface area contributed by atoms with Crippen molar-refractivity contribution in [2.75, 3.05) is 32.7 Å². The molecule has 0 aromatic heterocycles. The Labute approximate surface area is 182 Å². The van der Waals surface area contributed by atoms with Gasteiger partial charge in [0, 0.05) is 25.0 Å². The number of aliphatic imine (C=N–C) groups is 1. The molecule has 1 saturated heterocycles. The molecule has 1 aliphatic rings. The number of aliphatic hydroxyl groups excluding tert-OH is 1. The van der Waals surface area contributed by atoms with Gasteiger partial charge in [0.15, 0.2) is 5.96 Å². The summed E-state index contributed by atoms with van der Waals surface area (Å²) in [5.41, 5.74) is 1.21. The molecule has 3 N–H and O–H groups in total. The number of halogens is 1. The summed E-state index contributed by atoms with van der Waals surface area (Å²) in [5, 5.41) is 16.9. The van der Waals surface area contributed by atoms with E-state index in [0.717, 1.165) is 24.6 Å². The van der Waals surface area contributed by atoms with Crippen LogP contribution >= 0.6 is 24.0 Å². The van der Waals surface area contributed by atoms with Crippen LogP contribution in [0.25, 0.3) is 0 Å². The summed E-state index contributed by atoms with van der Waals surface area (Å²) >= 11 is 0. The van der Waals surface area contributed by atoms with Crippen molar-refractivity contribution in [2.24, 2.45) is 4.99 Å². The molecule has 6 heteroatoms. The molecule has 27 heavy (non-hydrogen) atoms. The lowest BCUT2D eigenvalue weighted by molar-refractivity contribution is 0.102. The number of nitrogens with zero attached hydrogens (tertiary/aromatic N) is 2. The molecule has 0 amide bonds. The molecule has 1 unspecified atom stereocenters. The minimum atomic E-state index is -0.434. The first-order valence-corrected chi connectivity index (χ1v) is 10.0. The van der Waals surface area contributed by atoms with Crippen molar-refractivity contribution in [3.8, 4) is 0 Å². The van der Waals surface area contributed by atoms with E-state index < -0.39 is 6.10 Å². The minimum absolute atomic E-state index is 0. The molecule has 1 aliphatic heterocycles. The van der Waals surface area contributed by atoms with E-state index in [-0.39, 0.29) is 29.5 Å². The van der Waals surface area contributed by atoms with Crippen LogP contribution in [0.15, 0.2) is 35.3 Å². The summed E-state index contributed by atoms with van der Waals surface area (Å²) in [6, 6.07) is 10.1. The molecule has 5 nitrogen and oxygen atoms in total. The van der Waals surface area contributed by atoms with E-state index in [1.165, 1.54) is 32.4 Å². The maximum atomic E-state index is 10.3. The molecule has 1 atom stereocenters. The summed E-state index contributed by atoms with van der Waals surface area (Å²) in [5.74, 6) is 0.782. The number of piperidine rings is 1. The van der Waals surface area contributed by atoms with Crippen molar-refractivity contribution < 1.29 is 5.11 Å². The van der Waals surface area contributed by atoms with Crippen LogP contribution in [0.2, 0.25) is 0 Å². The Kier molecular flexibility index (Phi) is 11.3. The number of likely N-dealkylation sites (tertiary alicyclic amines) is 1. The molecule has 1 aromatic rings. The number of benzene rings is 1. The molecule has 1 heterocycles. The van der Waals surface area contributed by atoms with Crippen LogP contribution in [-0.2, 0) is 6.42 Å². The van der Waals surface area contributed by atoms with Gasteiger partial charge in [-0.15, -0.1) is 24.0 Å². The summed E-state index contributed by atoms with van der Waals surface area (Å²) in [7, 11) is 0. The molecule has 0 radical (unpaired) electrons. The Morgan fingerprint density at radius 1 is 1.15 bits per heavy atom. The molecule has 0 saturated carbocycles. The Bertz CT molecular complexity index is 544. The molecule has 2 rings (SSSR count). The van der Waals surface area contributed by atoms with Crippen molar-refractivity contribution in [1.29, 1.82) is 0 Å². The third-order valence-electron chi connectivity index (χ3n) is 5.00. The van der Waals surface area contributed by atoms with Crippen LogP contribution in [0, 0.1) is 0 Å². The Balaban J connectivity index is 0.00000364. The van der Waals surface area contributed by atoms with Gasteiger partial charge in [0.2, 0.25) is 0 Å². The Morgan fingerprint density at radius 2 is 1.81 bits per heavy atom. The fourth-order valence-electron chi connectivity index (χ4n) is 3.39. The van der Waals surface area contributed by atoms with E-state index >= 15 is 0 Å². The average Bonchev–Trinajstić information content (AvgIpc) is 2.65. The quantitative estimate of drug-likeness (QED) is 0.299. The minimum Gasteiger partial charge on any atom is -0.391 e. The topological polar surface area (TPSA) is 59.9 Å². The summed E-state index contributed by atoms with van der Waals surface area (Å²) in [6.07, 6.45) is 4.14. The molecule has 1 fully saturated rings. The fourth-order valence-corrected chi connectivity index (χ4v) is 3.39. The monoisotopic (exact) mass is 488 g/mol. The maximum absolute atomic E-state index is 10.3. The Hall–Kier alpha value is -0.860. The predicted octanol–water partition coefficient (Wildman–Crippen LogP) is 3.03. The summed E-state index contributed by atoms with van der Waals surface area (Å²) in [4.78, 5) is 7.33. The Morgan fingerprint density at radius 3 is 2.44 bits per heavy atom. The first-order valence-electron chi connectivity index (χ1n) is 10.0. The second-order valence-corrected chi connectivity index (χ2v) is 7.78. The van der Waals surface area contributed by atoms with Gasteiger partial charge in [0.05, 0.1) is 12.6 Å². The zero-order valence-electron chi connectivity index (χ0n) is 17.1. The van der Waals surface area contributed by atoms with Crippen molar-refractivity contribution in [1.82, 2.24) is 15.5 Å². The SMILES string of the molecule is CCNC(=NCC(C)(C)N1CCCCC1)NCC(O)Cc1ccccc1.I. The van der Waals surface area contributed by atoms with Gasteiger partial charge >= 0.3 is 0 Å². The highest BCUT2D eigenvalue weighted by atomic mass is 127. The zero-order chi connectivity index (χ0) is 18.8. The van der Waals surface area contributed by atoms with Crippen molar-refractivity contribution in [3.63, 3.8) is 0 Å². The number of hydrogen-bond donors (Lipinski definition) is 3. The predicted molar refractivity (Wildman–Crippen MR) is 125 cm³/mol. The first kappa shape index (κ1) is 24.2. The van der Waals surface area contributed by atoms with Crippen LogP contribution in [0.5, 0.6) is 0 Å². The van der Waals surface area contributed by atoms with E-state index in [2.05, 4.69) is 36.3 Å². The van der Waals surface area contributed by atoms with E-state index in [1.54, 1.807) is 0 Å². The molecule has 0 aliphatic carbocycles. The number of hydrogen-bond acceptors (Lipinski definition) is 3. The third-order valence-corrected chi connectivity index (χ3v) is 5.00. The molecule has 154 valence electrons. The van der Waals surface area contributed by atoms with Gasteiger partial charge in [-0.2, -0.15) is 0 Å². The fraction of sp³-hybridized carbons (Fsp3) is 0.667. The molecule has 1 aromatic carbocycles. The lowest BCUT2D eigenvalue weighted by atomic mass is 9.99. The summed E-state index contributed by atoms with van der Waals surface area (Å²) in [6.45, 7) is 11.0. The van der Waals surface area contributed by atoms with Crippen LogP contribution in [-0.4, -0.2) is 60.3 Å². The molecular weight excluding hydrogens is 451 g/mol.